The molecule has 6 heteroatoms. The highest BCUT2D eigenvalue weighted by atomic mass is 16.7. The molecule has 30 heavy (non-hydrogen) atoms. The molecule has 2 fully saturated rings. The van der Waals surface area contributed by atoms with Crippen molar-refractivity contribution in [3.8, 4) is 5.75 Å². The number of furan rings is 1. The van der Waals surface area contributed by atoms with E-state index in [4.69, 9.17) is 18.6 Å². The standard InChI is InChI=1S/C24H25NO5/c26-23(25-12-4-3-7-21(25)24-27-13-14-28-24)22-11-10-20(30-22)16-29-19-9-8-17-5-1-2-6-18(17)15-19/h1-2,5-6,8-11,15,21,24H,3-4,7,12-14,16H2. The average molecular weight is 407 g/mol. The molecule has 0 radical (unpaired) electrons. The summed E-state index contributed by atoms with van der Waals surface area (Å²) >= 11 is 0. The Kier molecular flexibility index (Phi) is 5.43. The van der Waals surface area contributed by atoms with Crippen LogP contribution in [-0.2, 0) is 16.1 Å². The fourth-order valence-electron chi connectivity index (χ4n) is 4.21. The largest absolute Gasteiger partial charge is 0.486 e. The molecular weight excluding hydrogens is 382 g/mol. The van der Waals surface area contributed by atoms with E-state index in [0.717, 1.165) is 30.4 Å². The maximum atomic E-state index is 13.1. The Bertz CT molecular complexity index is 1020. The molecule has 1 amide bonds. The molecule has 2 aliphatic rings. The molecule has 2 aromatic carbocycles. The molecule has 0 spiro atoms. The van der Waals surface area contributed by atoms with Crippen LogP contribution < -0.4 is 4.74 Å². The van der Waals surface area contributed by atoms with Crippen molar-refractivity contribution in [1.29, 1.82) is 0 Å². The Labute approximate surface area is 175 Å². The number of benzene rings is 2. The van der Waals surface area contributed by atoms with Crippen LogP contribution in [0.15, 0.2) is 59.0 Å². The van der Waals surface area contributed by atoms with E-state index in [-0.39, 0.29) is 24.8 Å². The van der Waals surface area contributed by atoms with E-state index in [9.17, 15) is 4.79 Å². The Morgan fingerprint density at radius 3 is 2.70 bits per heavy atom. The topological polar surface area (TPSA) is 61.1 Å². The predicted molar refractivity (Wildman–Crippen MR) is 111 cm³/mol. The number of fused-ring (bicyclic) bond motifs is 1. The van der Waals surface area contributed by atoms with Gasteiger partial charge in [-0.2, -0.15) is 0 Å². The number of carbonyl (C=O) groups is 1. The van der Waals surface area contributed by atoms with Gasteiger partial charge in [-0.15, -0.1) is 0 Å². The van der Waals surface area contributed by atoms with Crippen LogP contribution in [0, 0.1) is 0 Å². The summed E-state index contributed by atoms with van der Waals surface area (Å²) in [6.45, 7) is 2.13. The van der Waals surface area contributed by atoms with E-state index in [0.29, 0.717) is 31.3 Å². The molecule has 2 saturated heterocycles. The van der Waals surface area contributed by atoms with Crippen LogP contribution in [0.2, 0.25) is 0 Å². The fraction of sp³-hybridized carbons (Fsp3) is 0.375. The van der Waals surface area contributed by atoms with E-state index in [1.165, 1.54) is 5.39 Å². The summed E-state index contributed by atoms with van der Waals surface area (Å²) < 4.78 is 23.0. The van der Waals surface area contributed by atoms with Gasteiger partial charge >= 0.3 is 0 Å². The Morgan fingerprint density at radius 1 is 1.00 bits per heavy atom. The highest BCUT2D eigenvalue weighted by molar-refractivity contribution is 5.92. The minimum Gasteiger partial charge on any atom is -0.486 e. The third-order valence-electron chi connectivity index (χ3n) is 5.75. The molecule has 2 aliphatic heterocycles. The molecule has 156 valence electrons. The number of likely N-dealkylation sites (tertiary alicyclic amines) is 1. The zero-order valence-corrected chi connectivity index (χ0v) is 16.8. The molecule has 0 aliphatic carbocycles. The minimum atomic E-state index is -0.333. The van der Waals surface area contributed by atoms with Gasteiger partial charge in [0, 0.05) is 6.54 Å². The van der Waals surface area contributed by atoms with Crippen LogP contribution >= 0.6 is 0 Å². The van der Waals surface area contributed by atoms with E-state index in [2.05, 4.69) is 12.1 Å². The number of rotatable bonds is 5. The van der Waals surface area contributed by atoms with Crippen molar-refractivity contribution in [1.82, 2.24) is 4.90 Å². The van der Waals surface area contributed by atoms with Gasteiger partial charge in [-0.05, 0) is 54.3 Å². The van der Waals surface area contributed by atoms with Gasteiger partial charge in [0.1, 0.15) is 18.1 Å². The maximum absolute atomic E-state index is 13.1. The van der Waals surface area contributed by atoms with Crippen molar-refractivity contribution in [3.63, 3.8) is 0 Å². The number of hydrogen-bond acceptors (Lipinski definition) is 5. The smallest absolute Gasteiger partial charge is 0.289 e. The molecule has 0 saturated carbocycles. The molecule has 1 aromatic heterocycles. The monoisotopic (exact) mass is 407 g/mol. The Balaban J connectivity index is 1.25. The zero-order chi connectivity index (χ0) is 20.3. The second kappa shape index (κ2) is 8.50. The van der Waals surface area contributed by atoms with Crippen LogP contribution in [0.4, 0.5) is 0 Å². The number of nitrogens with zero attached hydrogens (tertiary/aromatic N) is 1. The molecule has 3 aromatic rings. The molecule has 1 atom stereocenters. The normalized spacial score (nSPS) is 20.0. The minimum absolute atomic E-state index is 0.0591. The molecular formula is C24H25NO5. The SMILES string of the molecule is O=C(c1ccc(COc2ccc3ccccc3c2)o1)N1CCCCC1C1OCCO1. The van der Waals surface area contributed by atoms with Gasteiger partial charge in [0.05, 0.1) is 19.3 Å². The molecule has 5 rings (SSSR count). The number of amides is 1. The quantitative estimate of drug-likeness (QED) is 0.628. The van der Waals surface area contributed by atoms with E-state index >= 15 is 0 Å². The number of piperidine rings is 1. The lowest BCUT2D eigenvalue weighted by Crippen LogP contribution is -2.50. The highest BCUT2D eigenvalue weighted by Crippen LogP contribution is 2.27. The second-order valence-corrected chi connectivity index (χ2v) is 7.74. The zero-order valence-electron chi connectivity index (χ0n) is 16.8. The lowest BCUT2D eigenvalue weighted by molar-refractivity contribution is -0.100. The highest BCUT2D eigenvalue weighted by Gasteiger charge is 2.37. The second-order valence-electron chi connectivity index (χ2n) is 7.74. The first-order chi connectivity index (χ1) is 14.8. The first kappa shape index (κ1) is 19.2. The van der Waals surface area contributed by atoms with Gasteiger partial charge in [-0.1, -0.05) is 30.3 Å². The van der Waals surface area contributed by atoms with Crippen molar-refractivity contribution in [2.24, 2.45) is 0 Å². The fourth-order valence-corrected chi connectivity index (χ4v) is 4.21. The van der Waals surface area contributed by atoms with E-state index in [1.807, 2.05) is 35.2 Å². The van der Waals surface area contributed by atoms with Crippen molar-refractivity contribution in [2.75, 3.05) is 19.8 Å². The summed E-state index contributed by atoms with van der Waals surface area (Å²) in [4.78, 5) is 14.9. The van der Waals surface area contributed by atoms with Gasteiger partial charge in [-0.25, -0.2) is 0 Å². The van der Waals surface area contributed by atoms with Gasteiger partial charge in [0.2, 0.25) is 0 Å². The summed E-state index contributed by atoms with van der Waals surface area (Å²) in [6.07, 6.45) is 2.60. The third-order valence-corrected chi connectivity index (χ3v) is 5.75. The number of ether oxygens (including phenoxy) is 3. The molecule has 1 unspecified atom stereocenters. The predicted octanol–water partition coefficient (Wildman–Crippen LogP) is 4.38. The van der Waals surface area contributed by atoms with E-state index < -0.39 is 0 Å². The Morgan fingerprint density at radius 2 is 1.83 bits per heavy atom. The van der Waals surface area contributed by atoms with E-state index in [1.54, 1.807) is 12.1 Å². The number of carbonyl (C=O) groups excluding carboxylic acids is 1. The van der Waals surface area contributed by atoms with Crippen molar-refractivity contribution in [2.45, 2.75) is 38.2 Å². The van der Waals surface area contributed by atoms with Crippen LogP contribution in [0.1, 0.15) is 35.6 Å². The summed E-state index contributed by atoms with van der Waals surface area (Å²) in [6, 6.07) is 17.6. The first-order valence-corrected chi connectivity index (χ1v) is 10.5. The summed E-state index contributed by atoms with van der Waals surface area (Å²) in [7, 11) is 0. The van der Waals surface area contributed by atoms with Gasteiger partial charge < -0.3 is 23.5 Å². The van der Waals surface area contributed by atoms with Crippen LogP contribution in [0.5, 0.6) is 5.75 Å². The lowest BCUT2D eigenvalue weighted by atomic mass is 10.0. The van der Waals surface area contributed by atoms with Crippen molar-refractivity contribution in [3.05, 3.63) is 66.1 Å². The Hall–Kier alpha value is -2.83. The molecule has 0 bridgehead atoms. The molecule has 6 nitrogen and oxygen atoms in total. The van der Waals surface area contributed by atoms with Gasteiger partial charge in [-0.3, -0.25) is 4.79 Å². The van der Waals surface area contributed by atoms with Gasteiger partial charge in [0.15, 0.2) is 12.1 Å². The van der Waals surface area contributed by atoms with Crippen molar-refractivity contribution < 1.29 is 23.4 Å². The third kappa shape index (κ3) is 3.93. The molecule has 3 heterocycles. The van der Waals surface area contributed by atoms with Crippen LogP contribution in [-0.4, -0.2) is 42.9 Å². The van der Waals surface area contributed by atoms with Crippen molar-refractivity contribution >= 4 is 16.7 Å². The summed E-state index contributed by atoms with van der Waals surface area (Å²) in [5, 5.41) is 2.29. The van der Waals surface area contributed by atoms with Crippen LogP contribution in [0.3, 0.4) is 0 Å². The summed E-state index contributed by atoms with van der Waals surface area (Å²) in [5.41, 5.74) is 0. The molecule has 0 N–H and O–H groups in total. The average Bonchev–Trinajstić information content (AvgIpc) is 3.49. The van der Waals surface area contributed by atoms with Gasteiger partial charge in [0.25, 0.3) is 5.91 Å². The number of hydrogen-bond donors (Lipinski definition) is 0. The summed E-state index contributed by atoms with van der Waals surface area (Å²) in [5.74, 6) is 1.60. The maximum Gasteiger partial charge on any atom is 0.289 e. The lowest BCUT2D eigenvalue weighted by Gasteiger charge is -2.37. The first-order valence-electron chi connectivity index (χ1n) is 10.5. The van der Waals surface area contributed by atoms with Crippen LogP contribution in [0.25, 0.3) is 10.8 Å².